The highest BCUT2D eigenvalue weighted by Crippen LogP contribution is 2.41. The SMILES string of the molecule is C#CC1C[C@H]2[C@@H](OC(=O)C(C)NC)CCC[C@H]2N1C(=O)OC.Cc1cc2ccc1-2. The fourth-order valence-corrected chi connectivity index (χ4v) is 4.47. The van der Waals surface area contributed by atoms with E-state index < -0.39 is 6.09 Å². The van der Waals surface area contributed by atoms with Gasteiger partial charge in [-0.25, -0.2) is 4.79 Å². The molecule has 1 amide bonds. The summed E-state index contributed by atoms with van der Waals surface area (Å²) >= 11 is 0. The minimum absolute atomic E-state index is 0.00931. The highest BCUT2D eigenvalue weighted by molar-refractivity contribution is 5.80. The van der Waals surface area contributed by atoms with Gasteiger partial charge >= 0.3 is 12.1 Å². The topological polar surface area (TPSA) is 67.9 Å². The third-order valence-electron chi connectivity index (χ3n) is 6.32. The second kappa shape index (κ2) is 8.87. The molecule has 5 atom stereocenters. The van der Waals surface area contributed by atoms with Crippen LogP contribution in [0, 0.1) is 25.2 Å². The predicted octanol–water partition coefficient (Wildman–Crippen LogP) is 3.12. The van der Waals surface area contributed by atoms with Gasteiger partial charge in [-0.15, -0.1) is 6.42 Å². The number of aryl methyl sites for hydroxylation is 1. The highest BCUT2D eigenvalue weighted by atomic mass is 16.6. The largest absolute Gasteiger partial charge is 0.461 e. The van der Waals surface area contributed by atoms with E-state index in [-0.39, 0.29) is 36.1 Å². The van der Waals surface area contributed by atoms with E-state index in [9.17, 15) is 9.59 Å². The van der Waals surface area contributed by atoms with Gasteiger partial charge in [-0.1, -0.05) is 24.1 Å². The quantitative estimate of drug-likeness (QED) is 0.636. The maximum absolute atomic E-state index is 12.0. The Morgan fingerprint density at radius 3 is 2.55 bits per heavy atom. The molecule has 2 unspecified atom stereocenters. The molecular formula is C23H30N2O4. The lowest BCUT2D eigenvalue weighted by atomic mass is 9.82. The number of rotatable bonds is 3. The number of terminal acetylenes is 1. The Morgan fingerprint density at radius 2 is 2.10 bits per heavy atom. The third kappa shape index (κ3) is 4.11. The zero-order valence-corrected chi connectivity index (χ0v) is 17.6. The number of methoxy groups -OCH3 is 1. The van der Waals surface area contributed by atoms with Crippen LogP contribution in [0.4, 0.5) is 4.79 Å². The number of esters is 1. The number of likely N-dealkylation sites (tertiary alicyclic amines) is 1. The molecule has 6 nitrogen and oxygen atoms in total. The first-order valence-electron chi connectivity index (χ1n) is 10.2. The highest BCUT2D eigenvalue weighted by Gasteiger charge is 2.49. The van der Waals surface area contributed by atoms with Gasteiger partial charge in [0.1, 0.15) is 12.1 Å². The molecule has 3 aliphatic carbocycles. The van der Waals surface area contributed by atoms with Gasteiger partial charge in [0.15, 0.2) is 0 Å². The van der Waals surface area contributed by atoms with Gasteiger partial charge in [-0.3, -0.25) is 9.69 Å². The summed E-state index contributed by atoms with van der Waals surface area (Å²) in [6.45, 7) is 3.91. The Labute approximate surface area is 172 Å². The van der Waals surface area contributed by atoms with Crippen molar-refractivity contribution >= 4 is 12.1 Å². The van der Waals surface area contributed by atoms with E-state index in [1.165, 1.54) is 23.8 Å². The number of benzene rings is 1. The molecule has 1 aliphatic heterocycles. The Morgan fingerprint density at radius 1 is 1.34 bits per heavy atom. The van der Waals surface area contributed by atoms with Crippen molar-refractivity contribution in [2.45, 2.75) is 63.8 Å². The van der Waals surface area contributed by atoms with Crippen molar-refractivity contribution in [2.24, 2.45) is 5.92 Å². The Kier molecular flexibility index (Phi) is 6.49. The van der Waals surface area contributed by atoms with Crippen LogP contribution in [0.1, 0.15) is 38.2 Å². The number of carbonyl (C=O) groups excluding carboxylic acids is 2. The molecular weight excluding hydrogens is 368 g/mol. The molecule has 1 heterocycles. The molecule has 4 aliphatic rings. The zero-order valence-electron chi connectivity index (χ0n) is 17.6. The van der Waals surface area contributed by atoms with E-state index in [1.807, 2.05) is 0 Å². The van der Waals surface area contributed by atoms with Crippen molar-refractivity contribution in [3.8, 4) is 23.5 Å². The second-order valence-electron chi connectivity index (χ2n) is 7.97. The van der Waals surface area contributed by atoms with Crippen molar-refractivity contribution in [1.29, 1.82) is 0 Å². The van der Waals surface area contributed by atoms with Crippen molar-refractivity contribution in [2.75, 3.05) is 14.2 Å². The number of ether oxygens (including phenoxy) is 2. The standard InChI is InChI=1S/C16H24N2O4.C7H6/c1-5-11-9-12-13(18(11)16(20)21-4)7-6-8-14(12)22-15(19)10(2)17-3;1-5-4-6-2-3-7(5)6/h1,10-14,17H,6-9H2,2-4H3;2-4H,1H3/t10?,11?,12-,13-,14+;/m1./s1. The van der Waals surface area contributed by atoms with Crippen LogP contribution in [0.3, 0.4) is 0 Å². The lowest BCUT2D eigenvalue weighted by Gasteiger charge is -2.36. The molecule has 156 valence electrons. The van der Waals surface area contributed by atoms with Gasteiger partial charge in [-0.05, 0) is 63.3 Å². The Balaban J connectivity index is 0.000000283. The summed E-state index contributed by atoms with van der Waals surface area (Å²) in [7, 11) is 3.08. The molecule has 0 aromatic rings. The van der Waals surface area contributed by atoms with E-state index in [1.54, 1.807) is 18.9 Å². The monoisotopic (exact) mass is 398 g/mol. The molecule has 0 bridgehead atoms. The van der Waals surface area contributed by atoms with Gasteiger partial charge in [0.25, 0.3) is 0 Å². The summed E-state index contributed by atoms with van der Waals surface area (Å²) in [5.41, 5.74) is 4.36. The van der Waals surface area contributed by atoms with Crippen molar-refractivity contribution < 1.29 is 19.1 Å². The maximum atomic E-state index is 12.0. The average Bonchev–Trinajstić information content (AvgIpc) is 3.10. The van der Waals surface area contributed by atoms with E-state index in [4.69, 9.17) is 15.9 Å². The van der Waals surface area contributed by atoms with Crippen molar-refractivity contribution in [3.63, 3.8) is 0 Å². The lowest BCUT2D eigenvalue weighted by Crippen LogP contribution is -2.47. The molecule has 0 radical (unpaired) electrons. The van der Waals surface area contributed by atoms with Crippen LogP contribution in [0.2, 0.25) is 0 Å². The molecule has 0 spiro atoms. The Bertz CT molecular complexity index is 816. The van der Waals surface area contributed by atoms with Crippen molar-refractivity contribution in [1.82, 2.24) is 10.2 Å². The molecule has 1 N–H and O–H groups in total. The van der Waals surface area contributed by atoms with E-state index in [0.29, 0.717) is 6.42 Å². The number of nitrogens with zero attached hydrogens (tertiary/aromatic N) is 1. The van der Waals surface area contributed by atoms with Gasteiger partial charge in [0.2, 0.25) is 0 Å². The maximum Gasteiger partial charge on any atom is 0.410 e. The lowest BCUT2D eigenvalue weighted by molar-refractivity contribution is -0.156. The first-order chi connectivity index (χ1) is 13.9. The summed E-state index contributed by atoms with van der Waals surface area (Å²) in [4.78, 5) is 25.7. The number of fused-ring (bicyclic) bond motifs is 2. The van der Waals surface area contributed by atoms with Crippen LogP contribution in [-0.4, -0.2) is 55.3 Å². The van der Waals surface area contributed by atoms with Gasteiger partial charge in [-0.2, -0.15) is 0 Å². The second-order valence-corrected chi connectivity index (χ2v) is 7.97. The summed E-state index contributed by atoms with van der Waals surface area (Å²) < 4.78 is 10.5. The van der Waals surface area contributed by atoms with Crippen LogP contribution in [0.5, 0.6) is 0 Å². The fourth-order valence-electron chi connectivity index (χ4n) is 4.47. The van der Waals surface area contributed by atoms with Gasteiger partial charge < -0.3 is 14.8 Å². The van der Waals surface area contributed by atoms with Gasteiger partial charge in [0.05, 0.1) is 13.2 Å². The van der Waals surface area contributed by atoms with Crippen molar-refractivity contribution in [3.05, 3.63) is 23.8 Å². The first kappa shape index (κ1) is 21.2. The number of nitrogens with one attached hydrogen (secondary N) is 1. The summed E-state index contributed by atoms with van der Waals surface area (Å²) in [5, 5.41) is 2.88. The van der Waals surface area contributed by atoms with E-state index >= 15 is 0 Å². The summed E-state index contributed by atoms with van der Waals surface area (Å²) in [6.07, 6.45) is 8.22. The number of likely N-dealkylation sites (N-methyl/N-ethyl adjacent to an activating group) is 1. The summed E-state index contributed by atoms with van der Waals surface area (Å²) in [6, 6.07) is 5.86. The summed E-state index contributed by atoms with van der Waals surface area (Å²) in [5.74, 6) is 2.49. The van der Waals surface area contributed by atoms with Crippen LogP contribution >= 0.6 is 0 Å². The smallest absolute Gasteiger partial charge is 0.410 e. The first-order valence-corrected chi connectivity index (χ1v) is 10.2. The molecule has 6 heteroatoms. The van der Waals surface area contributed by atoms with E-state index in [0.717, 1.165) is 19.3 Å². The normalized spacial score (nSPS) is 26.9. The van der Waals surface area contributed by atoms with Gasteiger partial charge in [0, 0.05) is 12.0 Å². The van der Waals surface area contributed by atoms with Crippen LogP contribution < -0.4 is 5.32 Å². The molecule has 4 rings (SSSR count). The minimum atomic E-state index is -0.397. The number of hydrogen-bond acceptors (Lipinski definition) is 5. The Hall–Kier alpha value is -2.52. The fraction of sp³-hybridized carbons (Fsp3) is 0.565. The number of amides is 1. The van der Waals surface area contributed by atoms with Crippen LogP contribution in [0.15, 0.2) is 18.2 Å². The predicted molar refractivity (Wildman–Crippen MR) is 111 cm³/mol. The zero-order chi connectivity index (χ0) is 21.1. The number of carbonyl (C=O) groups is 2. The van der Waals surface area contributed by atoms with Crippen LogP contribution in [0.25, 0.3) is 11.1 Å². The molecule has 1 saturated heterocycles. The molecule has 29 heavy (non-hydrogen) atoms. The molecule has 0 aromatic heterocycles. The average molecular weight is 399 g/mol. The van der Waals surface area contributed by atoms with E-state index in [2.05, 4.69) is 36.4 Å². The molecule has 2 fully saturated rings. The third-order valence-corrected chi connectivity index (χ3v) is 6.32. The van der Waals surface area contributed by atoms with Crippen LogP contribution in [-0.2, 0) is 14.3 Å². The molecule has 0 aromatic carbocycles. The molecule has 1 saturated carbocycles. The minimum Gasteiger partial charge on any atom is -0.461 e. The number of hydrogen-bond donors (Lipinski definition) is 1.